The van der Waals surface area contributed by atoms with Crippen LogP contribution in [0, 0.1) is 0 Å². The lowest BCUT2D eigenvalue weighted by Crippen LogP contribution is -2.46. The fourth-order valence-corrected chi connectivity index (χ4v) is 5.11. The third-order valence-electron chi connectivity index (χ3n) is 5.18. The molecule has 1 aliphatic carbocycles. The largest absolute Gasteiger partial charge is 0.343 e. The van der Waals surface area contributed by atoms with Crippen molar-refractivity contribution in [3.8, 4) is 0 Å². The first-order valence-corrected chi connectivity index (χ1v) is 9.69. The number of carbonyl (C=O) groups excluding carboxylic acids is 1. The number of fused-ring (bicyclic) bond motifs is 1. The second-order valence-corrected chi connectivity index (χ2v) is 8.49. The molecule has 1 heterocycles. The molecule has 23 heavy (non-hydrogen) atoms. The molecular formula is C17H24N2O3S. The van der Waals surface area contributed by atoms with Crippen molar-refractivity contribution in [2.45, 2.75) is 50.0 Å². The van der Waals surface area contributed by atoms with Gasteiger partial charge in [-0.25, -0.2) is 8.42 Å². The molecular weight excluding hydrogens is 312 g/mol. The Morgan fingerprint density at radius 3 is 2.48 bits per heavy atom. The van der Waals surface area contributed by atoms with Gasteiger partial charge in [-0.15, -0.1) is 0 Å². The Labute approximate surface area is 138 Å². The Morgan fingerprint density at radius 1 is 1.17 bits per heavy atom. The maximum Gasteiger partial charge on any atom is 0.243 e. The second kappa shape index (κ2) is 6.24. The zero-order chi connectivity index (χ0) is 16.6. The predicted molar refractivity (Wildman–Crippen MR) is 88.7 cm³/mol. The maximum absolute atomic E-state index is 12.8. The molecule has 1 aromatic rings. The molecule has 0 N–H and O–H groups in total. The molecule has 0 spiro atoms. The van der Waals surface area contributed by atoms with Crippen molar-refractivity contribution >= 4 is 15.9 Å². The average Bonchev–Trinajstić information content (AvgIpc) is 3.01. The van der Waals surface area contributed by atoms with Crippen molar-refractivity contribution in [3.63, 3.8) is 0 Å². The number of hydrogen-bond donors (Lipinski definition) is 0. The summed E-state index contributed by atoms with van der Waals surface area (Å²) in [7, 11) is -1.63. The van der Waals surface area contributed by atoms with Crippen molar-refractivity contribution in [1.29, 1.82) is 0 Å². The summed E-state index contributed by atoms with van der Waals surface area (Å²) in [6.45, 7) is 2.50. The standard InChI is InChI=1S/C17H24N2O3S/c1-13(20)18(2)16-8-10-19(11-9-16)23(21,22)17-7-6-14-4-3-5-15(14)12-17/h6-7,12,16H,3-5,8-11H2,1-2H3. The van der Waals surface area contributed by atoms with E-state index in [1.165, 1.54) is 11.1 Å². The molecule has 6 heteroatoms. The molecule has 2 aliphatic rings. The van der Waals surface area contributed by atoms with E-state index in [4.69, 9.17) is 0 Å². The minimum atomic E-state index is -3.42. The Kier molecular flexibility index (Phi) is 4.47. The lowest BCUT2D eigenvalue weighted by atomic mass is 10.1. The van der Waals surface area contributed by atoms with E-state index in [-0.39, 0.29) is 11.9 Å². The number of hydrogen-bond acceptors (Lipinski definition) is 3. The zero-order valence-electron chi connectivity index (χ0n) is 13.8. The molecule has 1 amide bonds. The first-order chi connectivity index (χ1) is 10.9. The quantitative estimate of drug-likeness (QED) is 0.846. The maximum atomic E-state index is 12.8. The van der Waals surface area contributed by atoms with Gasteiger partial charge in [-0.05, 0) is 55.4 Å². The third-order valence-corrected chi connectivity index (χ3v) is 7.07. The molecule has 0 radical (unpaired) electrons. The third kappa shape index (κ3) is 3.15. The number of aryl methyl sites for hydroxylation is 2. The van der Waals surface area contributed by atoms with Gasteiger partial charge in [-0.1, -0.05) is 6.07 Å². The number of sulfonamides is 1. The van der Waals surface area contributed by atoms with Crippen LogP contribution in [0.25, 0.3) is 0 Å². The number of amides is 1. The van der Waals surface area contributed by atoms with Gasteiger partial charge in [-0.3, -0.25) is 4.79 Å². The van der Waals surface area contributed by atoms with Crippen LogP contribution in [0.2, 0.25) is 0 Å². The van der Waals surface area contributed by atoms with Crippen molar-refractivity contribution in [2.75, 3.05) is 20.1 Å². The molecule has 0 saturated carbocycles. The van der Waals surface area contributed by atoms with E-state index in [1.54, 1.807) is 29.2 Å². The van der Waals surface area contributed by atoms with Crippen LogP contribution >= 0.6 is 0 Å². The number of rotatable bonds is 3. The van der Waals surface area contributed by atoms with E-state index in [1.807, 2.05) is 12.1 Å². The van der Waals surface area contributed by atoms with Crippen LogP contribution in [0.5, 0.6) is 0 Å². The summed E-state index contributed by atoms with van der Waals surface area (Å²) in [5.41, 5.74) is 2.46. The van der Waals surface area contributed by atoms with Crippen LogP contribution in [-0.2, 0) is 27.7 Å². The highest BCUT2D eigenvalue weighted by Gasteiger charge is 2.31. The van der Waals surface area contributed by atoms with Gasteiger partial charge in [0.1, 0.15) is 0 Å². The summed E-state index contributed by atoms with van der Waals surface area (Å²) in [6, 6.07) is 5.70. The van der Waals surface area contributed by atoms with Crippen LogP contribution in [0.1, 0.15) is 37.3 Å². The van der Waals surface area contributed by atoms with Gasteiger partial charge in [0.05, 0.1) is 4.90 Å². The minimum absolute atomic E-state index is 0.0323. The van der Waals surface area contributed by atoms with Gasteiger partial charge in [0.15, 0.2) is 0 Å². The van der Waals surface area contributed by atoms with Gasteiger partial charge in [0, 0.05) is 33.1 Å². The minimum Gasteiger partial charge on any atom is -0.343 e. The van der Waals surface area contributed by atoms with Crippen LogP contribution in [-0.4, -0.2) is 49.7 Å². The highest BCUT2D eigenvalue weighted by Crippen LogP contribution is 2.28. The molecule has 3 rings (SSSR count). The highest BCUT2D eigenvalue weighted by molar-refractivity contribution is 7.89. The average molecular weight is 336 g/mol. The normalized spacial score (nSPS) is 19.6. The molecule has 1 aromatic carbocycles. The van der Waals surface area contributed by atoms with Gasteiger partial charge >= 0.3 is 0 Å². The van der Waals surface area contributed by atoms with Crippen LogP contribution in [0.3, 0.4) is 0 Å². The molecule has 1 saturated heterocycles. The van der Waals surface area contributed by atoms with Crippen molar-refractivity contribution < 1.29 is 13.2 Å². The van der Waals surface area contributed by atoms with Crippen LogP contribution < -0.4 is 0 Å². The van der Waals surface area contributed by atoms with Crippen LogP contribution in [0.15, 0.2) is 23.1 Å². The summed E-state index contributed by atoms with van der Waals surface area (Å²) in [6.07, 6.45) is 4.53. The van der Waals surface area contributed by atoms with Crippen molar-refractivity contribution in [1.82, 2.24) is 9.21 Å². The van der Waals surface area contributed by atoms with Crippen molar-refractivity contribution in [2.24, 2.45) is 0 Å². The predicted octanol–water partition coefficient (Wildman–Crippen LogP) is 1.81. The van der Waals surface area contributed by atoms with E-state index in [2.05, 4.69) is 0 Å². The molecule has 126 valence electrons. The van der Waals surface area contributed by atoms with Gasteiger partial charge < -0.3 is 4.90 Å². The Hall–Kier alpha value is -1.40. The van der Waals surface area contributed by atoms with E-state index in [0.717, 1.165) is 19.3 Å². The van der Waals surface area contributed by atoms with Crippen molar-refractivity contribution in [3.05, 3.63) is 29.3 Å². The van der Waals surface area contributed by atoms with E-state index >= 15 is 0 Å². The Bertz CT molecular complexity index is 707. The highest BCUT2D eigenvalue weighted by atomic mass is 32.2. The molecule has 0 unspecified atom stereocenters. The monoisotopic (exact) mass is 336 g/mol. The van der Waals surface area contributed by atoms with E-state index < -0.39 is 10.0 Å². The molecule has 1 fully saturated rings. The summed E-state index contributed by atoms with van der Waals surface area (Å²) >= 11 is 0. The Balaban J connectivity index is 1.73. The fraction of sp³-hybridized carbons (Fsp3) is 0.588. The fourth-order valence-electron chi connectivity index (χ4n) is 3.58. The Morgan fingerprint density at radius 2 is 1.83 bits per heavy atom. The molecule has 0 bridgehead atoms. The number of piperidine rings is 1. The molecule has 0 aromatic heterocycles. The van der Waals surface area contributed by atoms with Crippen LogP contribution in [0.4, 0.5) is 0 Å². The first-order valence-electron chi connectivity index (χ1n) is 8.25. The van der Waals surface area contributed by atoms with E-state index in [9.17, 15) is 13.2 Å². The lowest BCUT2D eigenvalue weighted by Gasteiger charge is -2.35. The number of carbonyl (C=O) groups is 1. The van der Waals surface area contributed by atoms with Gasteiger partial charge in [0.25, 0.3) is 0 Å². The SMILES string of the molecule is CC(=O)N(C)C1CCN(S(=O)(=O)c2ccc3c(c2)CCC3)CC1. The first kappa shape index (κ1) is 16.5. The van der Waals surface area contributed by atoms with Gasteiger partial charge in [-0.2, -0.15) is 4.31 Å². The summed E-state index contributed by atoms with van der Waals surface area (Å²) in [4.78, 5) is 13.6. The second-order valence-electron chi connectivity index (χ2n) is 6.55. The number of nitrogens with zero attached hydrogens (tertiary/aromatic N) is 2. The topological polar surface area (TPSA) is 57.7 Å². The molecule has 5 nitrogen and oxygen atoms in total. The lowest BCUT2D eigenvalue weighted by molar-refractivity contribution is -0.130. The van der Waals surface area contributed by atoms with Gasteiger partial charge in [0.2, 0.25) is 15.9 Å². The number of benzene rings is 1. The summed E-state index contributed by atoms with van der Waals surface area (Å²) in [5.74, 6) is 0.0323. The zero-order valence-corrected chi connectivity index (χ0v) is 14.6. The molecule has 0 atom stereocenters. The summed E-state index contributed by atoms with van der Waals surface area (Å²) < 4.78 is 27.2. The van der Waals surface area contributed by atoms with E-state index in [0.29, 0.717) is 30.8 Å². The molecule has 1 aliphatic heterocycles. The summed E-state index contributed by atoms with van der Waals surface area (Å²) in [5, 5.41) is 0. The smallest absolute Gasteiger partial charge is 0.243 e.